The van der Waals surface area contributed by atoms with E-state index in [-0.39, 0.29) is 25.0 Å². The van der Waals surface area contributed by atoms with Gasteiger partial charge in [-0.25, -0.2) is 0 Å². The van der Waals surface area contributed by atoms with E-state index in [0.29, 0.717) is 29.7 Å². The highest BCUT2D eigenvalue weighted by Crippen LogP contribution is 2.44. The first-order valence-electron chi connectivity index (χ1n) is 11.0. The van der Waals surface area contributed by atoms with Gasteiger partial charge in [0.25, 0.3) is 0 Å². The molecule has 170 valence electrons. The highest BCUT2D eigenvalue weighted by molar-refractivity contribution is 7.99. The molecule has 2 fully saturated rings. The lowest BCUT2D eigenvalue weighted by atomic mass is 9.85. The van der Waals surface area contributed by atoms with Gasteiger partial charge in [0.05, 0.1) is 12.0 Å². The smallest absolute Gasteiger partial charge is 0.381 e. The minimum atomic E-state index is -4.16. The molecule has 0 aliphatic heterocycles. The van der Waals surface area contributed by atoms with Gasteiger partial charge in [0, 0.05) is 36.9 Å². The predicted octanol–water partition coefficient (Wildman–Crippen LogP) is 5.93. The second-order valence-corrected chi connectivity index (χ2v) is 9.59. The number of rotatable bonds is 6. The van der Waals surface area contributed by atoms with Crippen molar-refractivity contribution in [3.8, 4) is 11.4 Å². The number of hydrogen-bond donors (Lipinski definition) is 0. The van der Waals surface area contributed by atoms with E-state index in [2.05, 4.69) is 15.2 Å². The maximum atomic E-state index is 13.5. The zero-order chi connectivity index (χ0) is 21.8. The molecule has 4 atom stereocenters. The van der Waals surface area contributed by atoms with Crippen LogP contribution in [0.15, 0.2) is 29.7 Å². The Morgan fingerprint density at radius 2 is 1.84 bits per heavy atom. The van der Waals surface area contributed by atoms with E-state index < -0.39 is 12.1 Å². The van der Waals surface area contributed by atoms with E-state index >= 15 is 0 Å². The molecule has 0 N–H and O–H groups in total. The molecule has 2 aromatic heterocycles. The van der Waals surface area contributed by atoms with Crippen LogP contribution in [-0.4, -0.2) is 44.9 Å². The topological polar surface area (TPSA) is 52.8 Å². The van der Waals surface area contributed by atoms with Crippen molar-refractivity contribution in [2.75, 3.05) is 12.9 Å². The fourth-order valence-electron chi connectivity index (χ4n) is 4.95. The summed E-state index contributed by atoms with van der Waals surface area (Å²) in [5.74, 6) is 0.618. The van der Waals surface area contributed by atoms with Gasteiger partial charge in [-0.1, -0.05) is 31.0 Å². The Balaban J connectivity index is 1.60. The lowest BCUT2D eigenvalue weighted by molar-refractivity contribution is -0.185. The molecule has 2 aliphatic rings. The van der Waals surface area contributed by atoms with Crippen LogP contribution in [0.25, 0.3) is 11.4 Å². The minimum absolute atomic E-state index is 0.0807. The molecule has 5 nitrogen and oxygen atoms in total. The molecule has 0 bridgehead atoms. The third-order valence-electron chi connectivity index (χ3n) is 6.65. The largest absolute Gasteiger partial charge is 0.391 e. The monoisotopic (exact) mass is 454 g/mol. The summed E-state index contributed by atoms with van der Waals surface area (Å²) < 4.78 is 48.1. The van der Waals surface area contributed by atoms with Crippen molar-refractivity contribution in [3.05, 3.63) is 24.5 Å². The Hall–Kier alpha value is -1.61. The summed E-state index contributed by atoms with van der Waals surface area (Å²) in [5, 5.41) is 9.54. The van der Waals surface area contributed by atoms with Crippen LogP contribution in [-0.2, 0) is 4.74 Å². The van der Waals surface area contributed by atoms with Crippen LogP contribution in [0, 0.1) is 11.8 Å². The molecule has 0 amide bonds. The van der Waals surface area contributed by atoms with Crippen LogP contribution in [0.4, 0.5) is 13.2 Å². The van der Waals surface area contributed by atoms with Crippen molar-refractivity contribution < 1.29 is 17.9 Å². The fraction of sp³-hybridized carbons (Fsp3) is 0.682. The van der Waals surface area contributed by atoms with Crippen molar-refractivity contribution in [1.82, 2.24) is 19.7 Å². The van der Waals surface area contributed by atoms with Gasteiger partial charge in [0.1, 0.15) is 0 Å². The normalized spacial score (nSPS) is 27.4. The standard InChI is InChI=1S/C22H29F3N4OS/c1-30-19-8-3-2-5-16(19)14-31-21-28-27-20(15-9-11-26-12-10-15)29(21)18-7-4-6-17(13-18)22(23,24)25/h9-12,16-19H,2-8,13-14H2,1H3. The zero-order valence-electron chi connectivity index (χ0n) is 17.7. The first-order valence-corrected chi connectivity index (χ1v) is 12.0. The number of nitrogens with zero attached hydrogens (tertiary/aromatic N) is 4. The average Bonchev–Trinajstić information content (AvgIpc) is 3.22. The quantitative estimate of drug-likeness (QED) is 0.506. The van der Waals surface area contributed by atoms with Crippen LogP contribution in [0.5, 0.6) is 0 Å². The van der Waals surface area contributed by atoms with Gasteiger partial charge >= 0.3 is 6.18 Å². The van der Waals surface area contributed by atoms with Gasteiger partial charge in [-0.3, -0.25) is 9.55 Å². The van der Waals surface area contributed by atoms with Gasteiger partial charge in [0.2, 0.25) is 0 Å². The summed E-state index contributed by atoms with van der Waals surface area (Å²) in [7, 11) is 1.76. The molecule has 2 aliphatic carbocycles. The fourth-order valence-corrected chi connectivity index (χ4v) is 6.17. The van der Waals surface area contributed by atoms with E-state index in [9.17, 15) is 13.2 Å². The molecule has 0 spiro atoms. The lowest BCUT2D eigenvalue weighted by Crippen LogP contribution is -2.30. The SMILES string of the molecule is COC1CCCCC1CSc1nnc(-c2ccncc2)n1C1CCCC(C(F)(F)F)C1. The molecule has 9 heteroatoms. The first kappa shape index (κ1) is 22.6. The number of aromatic nitrogens is 4. The highest BCUT2D eigenvalue weighted by atomic mass is 32.2. The summed E-state index contributed by atoms with van der Waals surface area (Å²) in [6.07, 6.45) is 5.51. The number of thioether (sulfide) groups is 1. The Bertz CT molecular complexity index is 845. The third kappa shape index (κ3) is 5.25. The Morgan fingerprint density at radius 1 is 1.06 bits per heavy atom. The van der Waals surface area contributed by atoms with E-state index in [0.717, 1.165) is 24.2 Å². The number of alkyl halides is 3. The van der Waals surface area contributed by atoms with Crippen LogP contribution in [0.2, 0.25) is 0 Å². The maximum absolute atomic E-state index is 13.5. The van der Waals surface area contributed by atoms with E-state index in [1.165, 1.54) is 12.8 Å². The molecule has 2 heterocycles. The van der Waals surface area contributed by atoms with Crippen molar-refractivity contribution in [2.24, 2.45) is 11.8 Å². The Morgan fingerprint density at radius 3 is 2.58 bits per heavy atom. The van der Waals surface area contributed by atoms with Gasteiger partial charge in [-0.15, -0.1) is 10.2 Å². The second-order valence-electron chi connectivity index (χ2n) is 8.60. The summed E-state index contributed by atoms with van der Waals surface area (Å²) in [5.41, 5.74) is 0.830. The van der Waals surface area contributed by atoms with Crippen molar-refractivity contribution >= 4 is 11.8 Å². The zero-order valence-corrected chi connectivity index (χ0v) is 18.5. The molecular weight excluding hydrogens is 425 g/mol. The van der Waals surface area contributed by atoms with Crippen LogP contribution >= 0.6 is 11.8 Å². The maximum Gasteiger partial charge on any atom is 0.391 e. The molecular formula is C22H29F3N4OS. The molecule has 4 rings (SSSR count). The number of halogens is 3. The van der Waals surface area contributed by atoms with Crippen LogP contribution in [0.1, 0.15) is 57.4 Å². The molecule has 0 aromatic carbocycles. The highest BCUT2D eigenvalue weighted by Gasteiger charge is 2.43. The molecule has 2 saturated carbocycles. The van der Waals surface area contributed by atoms with Crippen molar-refractivity contribution in [2.45, 2.75) is 74.8 Å². The second kappa shape index (κ2) is 9.90. The summed E-state index contributed by atoms with van der Waals surface area (Å²) in [6, 6.07) is 3.41. The van der Waals surface area contributed by atoms with Crippen LogP contribution < -0.4 is 0 Å². The Kier molecular flexibility index (Phi) is 7.21. The molecule has 2 aromatic rings. The lowest BCUT2D eigenvalue weighted by Gasteiger charge is -2.33. The number of pyridine rings is 1. The first-order chi connectivity index (χ1) is 15.0. The van der Waals surface area contributed by atoms with Crippen molar-refractivity contribution in [3.63, 3.8) is 0 Å². The average molecular weight is 455 g/mol. The number of ether oxygens (including phenoxy) is 1. The van der Waals surface area contributed by atoms with Gasteiger partial charge < -0.3 is 4.74 Å². The van der Waals surface area contributed by atoms with E-state index in [1.807, 2.05) is 16.7 Å². The van der Waals surface area contributed by atoms with Crippen LogP contribution in [0.3, 0.4) is 0 Å². The summed E-state index contributed by atoms with van der Waals surface area (Å²) in [4.78, 5) is 4.05. The number of methoxy groups -OCH3 is 1. The minimum Gasteiger partial charge on any atom is -0.381 e. The van der Waals surface area contributed by atoms with Gasteiger partial charge in [-0.2, -0.15) is 13.2 Å². The third-order valence-corrected chi connectivity index (χ3v) is 7.78. The predicted molar refractivity (Wildman–Crippen MR) is 114 cm³/mol. The molecule has 0 radical (unpaired) electrons. The van der Waals surface area contributed by atoms with Crippen molar-refractivity contribution in [1.29, 1.82) is 0 Å². The van der Waals surface area contributed by atoms with Gasteiger partial charge in [-0.05, 0) is 50.2 Å². The van der Waals surface area contributed by atoms with Gasteiger partial charge in [0.15, 0.2) is 11.0 Å². The summed E-state index contributed by atoms with van der Waals surface area (Å²) >= 11 is 1.60. The molecule has 31 heavy (non-hydrogen) atoms. The Labute approximate surface area is 185 Å². The number of hydrogen-bond acceptors (Lipinski definition) is 5. The molecule has 0 saturated heterocycles. The summed E-state index contributed by atoms with van der Waals surface area (Å²) in [6.45, 7) is 0. The van der Waals surface area contributed by atoms with E-state index in [1.54, 1.807) is 31.3 Å². The molecule has 4 unspecified atom stereocenters. The van der Waals surface area contributed by atoms with E-state index in [4.69, 9.17) is 4.74 Å².